The van der Waals surface area contributed by atoms with Gasteiger partial charge in [-0.25, -0.2) is 9.59 Å². The van der Waals surface area contributed by atoms with Crippen LogP contribution in [0, 0.1) is 21.7 Å². The van der Waals surface area contributed by atoms with Gasteiger partial charge < -0.3 is 9.47 Å². The molecule has 4 heteroatoms. The summed E-state index contributed by atoms with van der Waals surface area (Å²) in [5.74, 6) is -0.613. The SMILES string of the molecule is C=C(C)C(=O)OCC12CC3(C)CC(C)(C1)CC(COC(=O)C(=C)C)(C3)C2. The van der Waals surface area contributed by atoms with Crippen LogP contribution in [0.4, 0.5) is 0 Å². The van der Waals surface area contributed by atoms with Crippen LogP contribution in [-0.2, 0) is 19.1 Å². The van der Waals surface area contributed by atoms with E-state index >= 15 is 0 Å². The highest BCUT2D eigenvalue weighted by Crippen LogP contribution is 2.73. The minimum Gasteiger partial charge on any atom is -0.462 e. The average Bonchev–Trinajstić information content (AvgIpc) is 2.46. The van der Waals surface area contributed by atoms with E-state index in [9.17, 15) is 9.59 Å². The van der Waals surface area contributed by atoms with Crippen LogP contribution < -0.4 is 0 Å². The van der Waals surface area contributed by atoms with Crippen LogP contribution in [-0.4, -0.2) is 25.2 Å². The highest BCUT2D eigenvalue weighted by molar-refractivity contribution is 5.87. The van der Waals surface area contributed by atoms with Gasteiger partial charge in [0.25, 0.3) is 0 Å². The van der Waals surface area contributed by atoms with Gasteiger partial charge in [-0.05, 0) is 63.2 Å². The lowest BCUT2D eigenvalue weighted by molar-refractivity contribution is -0.220. The Morgan fingerprint density at radius 3 is 1.38 bits per heavy atom. The van der Waals surface area contributed by atoms with Crippen molar-refractivity contribution in [1.82, 2.24) is 0 Å². The summed E-state index contributed by atoms with van der Waals surface area (Å²) in [5.41, 5.74) is 1.29. The van der Waals surface area contributed by atoms with Crippen LogP contribution in [0.3, 0.4) is 0 Å². The highest BCUT2D eigenvalue weighted by atomic mass is 16.5. The van der Waals surface area contributed by atoms with E-state index in [4.69, 9.17) is 9.47 Å². The summed E-state index contributed by atoms with van der Waals surface area (Å²) in [7, 11) is 0. The molecular weight excluding hydrogens is 328 g/mol. The topological polar surface area (TPSA) is 52.6 Å². The van der Waals surface area contributed by atoms with Crippen LogP contribution in [0.5, 0.6) is 0 Å². The van der Waals surface area contributed by atoms with E-state index in [0.717, 1.165) is 32.1 Å². The van der Waals surface area contributed by atoms with Crippen LogP contribution in [0.15, 0.2) is 24.3 Å². The maximum atomic E-state index is 12.0. The molecule has 4 saturated carbocycles. The molecule has 0 radical (unpaired) electrons. The van der Waals surface area contributed by atoms with Gasteiger partial charge in [0.1, 0.15) is 0 Å². The first-order valence-corrected chi connectivity index (χ1v) is 9.55. The molecule has 0 aliphatic heterocycles. The Kier molecular flexibility index (Phi) is 4.40. The first kappa shape index (κ1) is 19.2. The minimum absolute atomic E-state index is 0.0149. The zero-order chi connectivity index (χ0) is 19.4. The molecule has 0 unspecified atom stereocenters. The number of rotatable bonds is 6. The summed E-state index contributed by atoms with van der Waals surface area (Å²) < 4.78 is 11.3. The second-order valence-electron chi connectivity index (χ2n) is 10.4. The summed E-state index contributed by atoms with van der Waals surface area (Å²) in [4.78, 5) is 23.9. The van der Waals surface area contributed by atoms with Crippen molar-refractivity contribution in [3.05, 3.63) is 24.3 Å². The van der Waals surface area contributed by atoms with E-state index in [2.05, 4.69) is 27.0 Å². The van der Waals surface area contributed by atoms with E-state index in [0.29, 0.717) is 24.4 Å². The van der Waals surface area contributed by atoms with Crippen LogP contribution in [0.25, 0.3) is 0 Å². The Morgan fingerprint density at radius 1 is 0.731 bits per heavy atom. The molecule has 0 amide bonds. The summed E-state index contributed by atoms with van der Waals surface area (Å²) >= 11 is 0. The third-order valence-corrected chi connectivity index (χ3v) is 6.53. The first-order valence-electron chi connectivity index (χ1n) is 9.55. The minimum atomic E-state index is -0.307. The fourth-order valence-corrected chi connectivity index (χ4v) is 7.19. The third-order valence-electron chi connectivity index (χ3n) is 6.53. The van der Waals surface area contributed by atoms with Crippen molar-refractivity contribution < 1.29 is 19.1 Å². The maximum Gasteiger partial charge on any atom is 0.333 e. The molecule has 0 N–H and O–H groups in total. The van der Waals surface area contributed by atoms with Crippen LogP contribution in [0.2, 0.25) is 0 Å². The smallest absolute Gasteiger partial charge is 0.333 e. The summed E-state index contributed by atoms with van der Waals surface area (Å²) in [6.45, 7) is 16.3. The number of hydrogen-bond donors (Lipinski definition) is 0. The number of esters is 2. The van der Waals surface area contributed by atoms with Crippen molar-refractivity contribution in [2.75, 3.05) is 13.2 Å². The zero-order valence-corrected chi connectivity index (χ0v) is 16.7. The molecule has 0 aromatic heterocycles. The second-order valence-corrected chi connectivity index (χ2v) is 10.4. The molecule has 0 atom stereocenters. The number of ether oxygens (including phenoxy) is 2. The average molecular weight is 360 g/mol. The molecule has 4 rings (SSSR count). The van der Waals surface area contributed by atoms with Gasteiger partial charge in [-0.1, -0.05) is 27.0 Å². The summed E-state index contributed by atoms with van der Waals surface area (Å²) in [5, 5.41) is 0. The maximum absolute atomic E-state index is 12.0. The number of carbonyl (C=O) groups excluding carboxylic acids is 2. The van der Waals surface area contributed by atoms with E-state index < -0.39 is 0 Å². The molecule has 0 aromatic carbocycles. The number of carbonyl (C=O) groups is 2. The molecule has 4 fully saturated rings. The predicted octanol–water partition coefficient (Wildman–Crippen LogP) is 4.59. The normalized spacial score (nSPS) is 40.2. The molecule has 0 spiro atoms. The molecule has 0 aromatic rings. The molecule has 4 nitrogen and oxygen atoms in total. The van der Waals surface area contributed by atoms with E-state index in [1.165, 1.54) is 6.42 Å². The van der Waals surface area contributed by atoms with Crippen molar-refractivity contribution in [3.63, 3.8) is 0 Å². The van der Waals surface area contributed by atoms with E-state index in [1.807, 2.05) is 0 Å². The van der Waals surface area contributed by atoms with Crippen LogP contribution >= 0.6 is 0 Å². The zero-order valence-electron chi connectivity index (χ0n) is 16.7. The third kappa shape index (κ3) is 3.47. The van der Waals surface area contributed by atoms with Gasteiger partial charge in [0.2, 0.25) is 0 Å². The van der Waals surface area contributed by atoms with Gasteiger partial charge >= 0.3 is 11.9 Å². The monoisotopic (exact) mass is 360 g/mol. The Labute approximate surface area is 157 Å². The molecule has 4 aliphatic rings. The lowest BCUT2D eigenvalue weighted by Crippen LogP contribution is -2.62. The summed E-state index contributed by atoms with van der Waals surface area (Å²) in [6.07, 6.45) is 6.47. The highest BCUT2D eigenvalue weighted by Gasteiger charge is 2.66. The van der Waals surface area contributed by atoms with Crippen molar-refractivity contribution >= 4 is 11.9 Å². The fraction of sp³-hybridized carbons (Fsp3) is 0.727. The molecule has 0 saturated heterocycles. The van der Waals surface area contributed by atoms with Crippen molar-refractivity contribution in [3.8, 4) is 0 Å². The Morgan fingerprint density at radius 2 is 1.08 bits per heavy atom. The van der Waals surface area contributed by atoms with Gasteiger partial charge in [-0.2, -0.15) is 0 Å². The standard InChI is InChI=1S/C22H32O4/c1-15(2)17(23)25-13-21-8-19(5)7-20(6,9-21)11-22(10-19,12-21)14-26-18(24)16(3)4/h1,3,7-14H2,2,4-6H3. The largest absolute Gasteiger partial charge is 0.462 e. The predicted molar refractivity (Wildman–Crippen MR) is 100 cm³/mol. The van der Waals surface area contributed by atoms with Gasteiger partial charge in [-0.3, -0.25) is 0 Å². The van der Waals surface area contributed by atoms with Crippen molar-refractivity contribution in [2.24, 2.45) is 21.7 Å². The van der Waals surface area contributed by atoms with E-state index in [1.54, 1.807) is 13.8 Å². The lowest BCUT2D eigenvalue weighted by Gasteiger charge is -2.69. The Bertz CT molecular complexity index is 604. The number of hydrogen-bond acceptors (Lipinski definition) is 4. The van der Waals surface area contributed by atoms with Gasteiger partial charge in [0.15, 0.2) is 0 Å². The second kappa shape index (κ2) is 5.97. The fourth-order valence-electron chi connectivity index (χ4n) is 7.19. The van der Waals surface area contributed by atoms with Crippen LogP contribution in [0.1, 0.15) is 66.2 Å². The quantitative estimate of drug-likeness (QED) is 0.513. The van der Waals surface area contributed by atoms with E-state index in [-0.39, 0.29) is 33.6 Å². The molecule has 26 heavy (non-hydrogen) atoms. The molecule has 4 bridgehead atoms. The van der Waals surface area contributed by atoms with Crippen molar-refractivity contribution in [1.29, 1.82) is 0 Å². The van der Waals surface area contributed by atoms with Gasteiger partial charge in [-0.15, -0.1) is 0 Å². The lowest BCUT2D eigenvalue weighted by atomic mass is 9.36. The van der Waals surface area contributed by atoms with Crippen molar-refractivity contribution in [2.45, 2.75) is 66.2 Å². The molecule has 144 valence electrons. The Balaban J connectivity index is 1.82. The van der Waals surface area contributed by atoms with Gasteiger partial charge in [0.05, 0.1) is 13.2 Å². The molecule has 4 aliphatic carbocycles. The Hall–Kier alpha value is -1.58. The van der Waals surface area contributed by atoms with Gasteiger partial charge in [0, 0.05) is 22.0 Å². The molecular formula is C22H32O4. The summed E-state index contributed by atoms with van der Waals surface area (Å²) in [6, 6.07) is 0. The first-order chi connectivity index (χ1) is 11.9. The molecule has 0 heterocycles.